The minimum Gasteiger partial charge on any atom is -0.490 e. The molecule has 7 heteroatoms. The molecule has 0 spiro atoms. The van der Waals surface area contributed by atoms with Crippen LogP contribution in [0.2, 0.25) is 0 Å². The fourth-order valence-corrected chi connectivity index (χ4v) is 4.42. The average molecular weight is 384 g/mol. The van der Waals surface area contributed by atoms with E-state index in [-0.39, 0.29) is 18.8 Å². The maximum atomic E-state index is 12.7. The minimum atomic E-state index is -0.437. The highest BCUT2D eigenvalue weighted by molar-refractivity contribution is 7.20. The summed E-state index contributed by atoms with van der Waals surface area (Å²) in [5, 5.41) is 0.536. The van der Waals surface area contributed by atoms with Gasteiger partial charge in [-0.2, -0.15) is 0 Å². The summed E-state index contributed by atoms with van der Waals surface area (Å²) in [7, 11) is 0. The Morgan fingerprint density at radius 3 is 2.89 bits per heavy atom. The van der Waals surface area contributed by atoms with Crippen molar-refractivity contribution in [1.82, 2.24) is 9.55 Å². The van der Waals surface area contributed by atoms with Gasteiger partial charge in [0.2, 0.25) is 0 Å². The van der Waals surface area contributed by atoms with Crippen molar-refractivity contribution in [3.8, 4) is 5.75 Å². The number of rotatable bonds is 5. The van der Waals surface area contributed by atoms with Crippen LogP contribution in [0.1, 0.15) is 33.0 Å². The van der Waals surface area contributed by atoms with Gasteiger partial charge in [-0.05, 0) is 37.5 Å². The molecule has 6 nitrogen and oxygen atoms in total. The van der Waals surface area contributed by atoms with E-state index < -0.39 is 5.97 Å². The number of benzene rings is 1. The van der Waals surface area contributed by atoms with Gasteiger partial charge in [0.1, 0.15) is 34.5 Å². The second kappa shape index (κ2) is 7.15. The van der Waals surface area contributed by atoms with Gasteiger partial charge in [0.25, 0.3) is 5.56 Å². The van der Waals surface area contributed by atoms with Crippen LogP contribution in [0.25, 0.3) is 10.2 Å². The molecule has 0 atom stereocenters. The predicted molar refractivity (Wildman–Crippen MR) is 104 cm³/mol. The van der Waals surface area contributed by atoms with Crippen molar-refractivity contribution in [1.29, 1.82) is 0 Å². The maximum Gasteiger partial charge on any atom is 0.348 e. The Kier molecular flexibility index (Phi) is 4.70. The van der Waals surface area contributed by atoms with E-state index in [0.29, 0.717) is 27.2 Å². The summed E-state index contributed by atoms with van der Waals surface area (Å²) < 4.78 is 12.7. The number of aryl methyl sites for hydroxylation is 3. The van der Waals surface area contributed by atoms with E-state index in [9.17, 15) is 9.59 Å². The molecule has 0 saturated carbocycles. The number of esters is 1. The highest BCUT2D eigenvalue weighted by atomic mass is 32.1. The van der Waals surface area contributed by atoms with Gasteiger partial charge < -0.3 is 9.47 Å². The van der Waals surface area contributed by atoms with Crippen LogP contribution < -0.4 is 10.3 Å². The molecule has 0 aliphatic carbocycles. The predicted octanol–water partition coefficient (Wildman–Crippen LogP) is 3.26. The van der Waals surface area contributed by atoms with Crippen LogP contribution in [0.3, 0.4) is 0 Å². The van der Waals surface area contributed by atoms with E-state index in [1.807, 2.05) is 31.2 Å². The number of thiophene rings is 1. The second-order valence-electron chi connectivity index (χ2n) is 6.57. The van der Waals surface area contributed by atoms with Crippen LogP contribution >= 0.6 is 11.3 Å². The Balaban J connectivity index is 1.47. The van der Waals surface area contributed by atoms with E-state index in [1.54, 1.807) is 11.5 Å². The summed E-state index contributed by atoms with van der Waals surface area (Å²) in [5.41, 5.74) is 1.63. The number of para-hydroxylation sites is 1. The first-order valence-electron chi connectivity index (χ1n) is 8.94. The van der Waals surface area contributed by atoms with Gasteiger partial charge in [-0.25, -0.2) is 9.78 Å². The van der Waals surface area contributed by atoms with Crippen molar-refractivity contribution in [2.24, 2.45) is 0 Å². The van der Waals surface area contributed by atoms with Crippen molar-refractivity contribution in [2.75, 3.05) is 13.2 Å². The van der Waals surface area contributed by atoms with Crippen LogP contribution in [0.5, 0.6) is 5.75 Å². The lowest BCUT2D eigenvalue weighted by atomic mass is 10.2. The van der Waals surface area contributed by atoms with E-state index in [4.69, 9.17) is 9.47 Å². The Hall–Kier alpha value is -2.67. The van der Waals surface area contributed by atoms with Crippen LogP contribution in [-0.2, 0) is 17.7 Å². The van der Waals surface area contributed by atoms with Crippen molar-refractivity contribution < 1.29 is 14.3 Å². The van der Waals surface area contributed by atoms with E-state index in [2.05, 4.69) is 4.98 Å². The lowest BCUT2D eigenvalue weighted by Crippen LogP contribution is -2.20. The van der Waals surface area contributed by atoms with Gasteiger partial charge in [0, 0.05) is 13.0 Å². The molecule has 3 aromatic rings. The third-order valence-electron chi connectivity index (χ3n) is 4.76. The first-order chi connectivity index (χ1) is 13.1. The Morgan fingerprint density at radius 1 is 1.26 bits per heavy atom. The molecule has 2 aromatic heterocycles. The Bertz CT molecular complexity index is 1080. The number of carbonyl (C=O) groups excluding carboxylic acids is 1. The number of aromatic nitrogens is 2. The Labute approximate surface area is 160 Å². The van der Waals surface area contributed by atoms with E-state index in [1.165, 1.54) is 11.3 Å². The van der Waals surface area contributed by atoms with Crippen molar-refractivity contribution in [3.05, 3.63) is 56.4 Å². The summed E-state index contributed by atoms with van der Waals surface area (Å²) in [4.78, 5) is 30.8. The average Bonchev–Trinajstić information content (AvgIpc) is 3.25. The molecule has 0 amide bonds. The van der Waals surface area contributed by atoms with Gasteiger partial charge in [-0.3, -0.25) is 9.36 Å². The third-order valence-corrected chi connectivity index (χ3v) is 5.93. The first kappa shape index (κ1) is 17.7. The monoisotopic (exact) mass is 384 g/mol. The number of nitrogens with zero attached hydrogens (tertiary/aromatic N) is 2. The third kappa shape index (κ3) is 3.23. The summed E-state index contributed by atoms with van der Waals surface area (Å²) in [6.07, 6.45) is 1.74. The van der Waals surface area contributed by atoms with E-state index in [0.717, 1.165) is 30.0 Å². The van der Waals surface area contributed by atoms with Gasteiger partial charge in [-0.15, -0.1) is 11.3 Å². The molecular weight excluding hydrogens is 364 g/mol. The standard InChI is InChI=1S/C20H20N2O4S/c1-12-6-3-4-7-14(12)25-10-11-26-20(24)17-13(2)16-18(27-17)21-15-8-5-9-22(15)19(16)23/h3-4,6-7H,5,8-11H2,1-2H3. The molecule has 140 valence electrons. The zero-order chi connectivity index (χ0) is 19.0. The zero-order valence-corrected chi connectivity index (χ0v) is 16.1. The van der Waals surface area contributed by atoms with Gasteiger partial charge in [0.05, 0.1) is 5.39 Å². The summed E-state index contributed by atoms with van der Waals surface area (Å²) in [6.45, 7) is 4.86. The van der Waals surface area contributed by atoms with E-state index >= 15 is 0 Å². The highest BCUT2D eigenvalue weighted by Crippen LogP contribution is 2.29. The lowest BCUT2D eigenvalue weighted by Gasteiger charge is -2.09. The molecule has 0 fully saturated rings. The van der Waals surface area contributed by atoms with Crippen LogP contribution in [0.15, 0.2) is 29.1 Å². The quantitative estimate of drug-likeness (QED) is 0.499. The fourth-order valence-electron chi connectivity index (χ4n) is 3.34. The molecule has 4 rings (SSSR count). The molecule has 3 heterocycles. The molecule has 1 aliphatic rings. The smallest absolute Gasteiger partial charge is 0.348 e. The number of hydrogen-bond donors (Lipinski definition) is 0. The number of ether oxygens (including phenoxy) is 2. The first-order valence-corrected chi connectivity index (χ1v) is 9.76. The molecular formula is C20H20N2O4S. The van der Waals surface area contributed by atoms with Gasteiger partial charge >= 0.3 is 5.97 Å². The van der Waals surface area contributed by atoms with Crippen LogP contribution in [0.4, 0.5) is 0 Å². The molecule has 0 unspecified atom stereocenters. The molecule has 27 heavy (non-hydrogen) atoms. The molecule has 0 radical (unpaired) electrons. The number of carbonyl (C=O) groups is 1. The Morgan fingerprint density at radius 2 is 2.07 bits per heavy atom. The van der Waals surface area contributed by atoms with Crippen molar-refractivity contribution >= 4 is 27.5 Å². The maximum absolute atomic E-state index is 12.7. The second-order valence-corrected chi connectivity index (χ2v) is 7.57. The van der Waals surface area contributed by atoms with Crippen LogP contribution in [-0.4, -0.2) is 28.7 Å². The van der Waals surface area contributed by atoms with Gasteiger partial charge in [0.15, 0.2) is 0 Å². The SMILES string of the molecule is Cc1ccccc1OCCOC(=O)c1sc2nc3n(c(=O)c2c1C)CCC3. The van der Waals surface area contributed by atoms with Crippen LogP contribution in [0, 0.1) is 13.8 Å². The molecule has 0 saturated heterocycles. The minimum absolute atomic E-state index is 0.0526. The summed E-state index contributed by atoms with van der Waals surface area (Å²) >= 11 is 1.23. The summed E-state index contributed by atoms with van der Waals surface area (Å²) in [5.74, 6) is 1.15. The zero-order valence-electron chi connectivity index (χ0n) is 15.3. The highest BCUT2D eigenvalue weighted by Gasteiger charge is 2.23. The molecule has 1 aliphatic heterocycles. The van der Waals surface area contributed by atoms with Crippen molar-refractivity contribution in [2.45, 2.75) is 33.2 Å². The molecule has 1 aromatic carbocycles. The largest absolute Gasteiger partial charge is 0.490 e. The molecule has 0 bridgehead atoms. The van der Waals surface area contributed by atoms with Crippen molar-refractivity contribution in [3.63, 3.8) is 0 Å². The van der Waals surface area contributed by atoms with Gasteiger partial charge in [-0.1, -0.05) is 18.2 Å². The molecule has 0 N–H and O–H groups in total. The number of hydrogen-bond acceptors (Lipinski definition) is 6. The lowest BCUT2D eigenvalue weighted by molar-refractivity contribution is 0.0455. The fraction of sp³-hybridized carbons (Fsp3) is 0.350. The normalized spacial score (nSPS) is 13.0. The summed E-state index contributed by atoms with van der Waals surface area (Å²) in [6, 6.07) is 7.69. The topological polar surface area (TPSA) is 70.4 Å². The number of fused-ring (bicyclic) bond motifs is 2.